The summed E-state index contributed by atoms with van der Waals surface area (Å²) < 4.78 is 0. The Balaban J connectivity index is 1.75. The molecule has 0 saturated carbocycles. The standard InChI is InChI=1S/C25H34N4/c1-24(2)15-21(16-25(3,4)27-24)29-17-19-8-7-13-26-22(19)14-23(29)18-9-11-20(12-10-18)28(5)6/h7-14,21,27H,15-17H2,1-6H3. The van der Waals surface area contributed by atoms with Crippen LogP contribution >= 0.6 is 0 Å². The highest BCUT2D eigenvalue weighted by molar-refractivity contribution is 5.82. The fraction of sp³-hybridized carbons (Fsp3) is 0.480. The maximum Gasteiger partial charge on any atom is 0.0700 e. The lowest BCUT2D eigenvalue weighted by molar-refractivity contribution is 0.0946. The molecule has 0 bridgehead atoms. The summed E-state index contributed by atoms with van der Waals surface area (Å²) in [5.74, 6) is 0. The lowest BCUT2D eigenvalue weighted by Crippen LogP contribution is -2.62. The summed E-state index contributed by atoms with van der Waals surface area (Å²) in [7, 11) is 4.17. The van der Waals surface area contributed by atoms with Gasteiger partial charge in [-0.15, -0.1) is 0 Å². The molecule has 0 atom stereocenters. The first kappa shape index (κ1) is 20.0. The number of hydrogen-bond donors (Lipinski definition) is 1. The summed E-state index contributed by atoms with van der Waals surface area (Å²) in [6.07, 6.45) is 6.43. The molecular weight excluding hydrogens is 356 g/mol. The highest BCUT2D eigenvalue weighted by Gasteiger charge is 2.41. The number of rotatable bonds is 3. The van der Waals surface area contributed by atoms with Gasteiger partial charge in [-0.3, -0.25) is 4.98 Å². The van der Waals surface area contributed by atoms with Crippen LogP contribution in [0.3, 0.4) is 0 Å². The SMILES string of the molecule is CN(C)c1ccc(C2=Cc3ncccc3CN2C2CC(C)(C)NC(C)(C)C2)cc1. The maximum atomic E-state index is 4.65. The minimum Gasteiger partial charge on any atom is -0.378 e. The van der Waals surface area contributed by atoms with E-state index < -0.39 is 0 Å². The molecule has 0 amide bonds. The molecule has 3 heterocycles. The second-order valence-electron chi connectivity index (χ2n) is 10.1. The van der Waals surface area contributed by atoms with Crippen molar-refractivity contribution < 1.29 is 0 Å². The van der Waals surface area contributed by atoms with Gasteiger partial charge in [0.1, 0.15) is 0 Å². The van der Waals surface area contributed by atoms with Crippen LogP contribution in [-0.4, -0.2) is 41.1 Å². The summed E-state index contributed by atoms with van der Waals surface area (Å²) in [5, 5.41) is 3.83. The molecule has 0 unspecified atom stereocenters. The highest BCUT2D eigenvalue weighted by Crippen LogP contribution is 2.39. The third-order valence-corrected chi connectivity index (χ3v) is 6.14. The number of fused-ring (bicyclic) bond motifs is 1. The Labute approximate surface area is 175 Å². The first-order chi connectivity index (χ1) is 13.6. The van der Waals surface area contributed by atoms with Crippen molar-refractivity contribution in [2.75, 3.05) is 19.0 Å². The number of nitrogens with one attached hydrogen (secondary N) is 1. The average Bonchev–Trinajstić information content (AvgIpc) is 2.64. The molecule has 4 rings (SSSR count). The first-order valence-electron chi connectivity index (χ1n) is 10.6. The van der Waals surface area contributed by atoms with E-state index in [9.17, 15) is 0 Å². The van der Waals surface area contributed by atoms with Gasteiger partial charge in [-0.05, 0) is 75.9 Å². The Bertz CT molecular complexity index is 893. The molecule has 0 radical (unpaired) electrons. The van der Waals surface area contributed by atoms with Crippen molar-refractivity contribution in [1.29, 1.82) is 0 Å². The Morgan fingerprint density at radius 3 is 2.28 bits per heavy atom. The monoisotopic (exact) mass is 390 g/mol. The van der Waals surface area contributed by atoms with E-state index in [4.69, 9.17) is 0 Å². The zero-order valence-corrected chi connectivity index (χ0v) is 18.7. The van der Waals surface area contributed by atoms with Crippen LogP contribution in [0.15, 0.2) is 42.6 Å². The second-order valence-corrected chi connectivity index (χ2v) is 10.1. The van der Waals surface area contributed by atoms with Crippen molar-refractivity contribution in [1.82, 2.24) is 15.2 Å². The molecule has 0 spiro atoms. The van der Waals surface area contributed by atoms with Crippen LogP contribution in [0.1, 0.15) is 57.4 Å². The van der Waals surface area contributed by atoms with Crippen molar-refractivity contribution in [3.63, 3.8) is 0 Å². The quantitative estimate of drug-likeness (QED) is 0.818. The summed E-state index contributed by atoms with van der Waals surface area (Å²) >= 11 is 0. The molecule has 2 aliphatic heterocycles. The number of anilines is 1. The van der Waals surface area contributed by atoms with Gasteiger partial charge < -0.3 is 15.1 Å². The largest absolute Gasteiger partial charge is 0.378 e. The molecule has 2 aliphatic rings. The number of hydrogen-bond acceptors (Lipinski definition) is 4. The molecule has 1 N–H and O–H groups in total. The minimum absolute atomic E-state index is 0.113. The van der Waals surface area contributed by atoms with Crippen molar-refractivity contribution in [2.45, 2.75) is 64.2 Å². The van der Waals surface area contributed by atoms with Crippen LogP contribution in [0, 0.1) is 0 Å². The fourth-order valence-corrected chi connectivity index (χ4v) is 5.19. The Morgan fingerprint density at radius 2 is 1.66 bits per heavy atom. The van der Waals surface area contributed by atoms with Crippen molar-refractivity contribution >= 4 is 17.5 Å². The van der Waals surface area contributed by atoms with Gasteiger partial charge in [-0.2, -0.15) is 0 Å². The van der Waals surface area contributed by atoms with Crippen LogP contribution in [0.2, 0.25) is 0 Å². The van der Waals surface area contributed by atoms with E-state index in [0.717, 1.165) is 25.1 Å². The van der Waals surface area contributed by atoms with Crippen LogP contribution in [0.25, 0.3) is 11.8 Å². The van der Waals surface area contributed by atoms with Gasteiger partial charge in [0.2, 0.25) is 0 Å². The number of pyridine rings is 1. The summed E-state index contributed by atoms with van der Waals surface area (Å²) in [4.78, 5) is 9.42. The van der Waals surface area contributed by atoms with Gasteiger partial charge in [0, 0.05) is 55.3 Å². The summed E-state index contributed by atoms with van der Waals surface area (Å²) in [6, 6.07) is 13.7. The van der Waals surface area contributed by atoms with E-state index in [1.54, 1.807) is 0 Å². The number of piperidine rings is 1. The molecular formula is C25H34N4. The molecule has 1 fully saturated rings. The fourth-order valence-electron chi connectivity index (χ4n) is 5.19. The maximum absolute atomic E-state index is 4.65. The van der Waals surface area contributed by atoms with Crippen LogP contribution in [0.4, 0.5) is 5.69 Å². The number of benzene rings is 1. The molecule has 1 saturated heterocycles. The summed E-state index contributed by atoms with van der Waals surface area (Å²) in [5.41, 5.74) is 6.42. The highest BCUT2D eigenvalue weighted by atomic mass is 15.2. The first-order valence-corrected chi connectivity index (χ1v) is 10.6. The zero-order valence-electron chi connectivity index (χ0n) is 18.7. The predicted octanol–water partition coefficient (Wildman–Crippen LogP) is 4.77. The van der Waals surface area contributed by atoms with E-state index in [1.165, 1.54) is 22.5 Å². The average molecular weight is 391 g/mol. The lowest BCUT2D eigenvalue weighted by atomic mass is 9.78. The van der Waals surface area contributed by atoms with Gasteiger partial charge in [-0.25, -0.2) is 0 Å². The third kappa shape index (κ3) is 4.18. The van der Waals surface area contributed by atoms with Gasteiger partial charge in [0.15, 0.2) is 0 Å². The summed E-state index contributed by atoms with van der Waals surface area (Å²) in [6.45, 7) is 10.2. The molecule has 29 heavy (non-hydrogen) atoms. The van der Waals surface area contributed by atoms with Crippen molar-refractivity contribution in [3.05, 3.63) is 59.4 Å². The van der Waals surface area contributed by atoms with E-state index in [2.05, 4.69) is 104 Å². The normalized spacial score (nSPS) is 20.8. The zero-order chi connectivity index (χ0) is 20.8. The van der Waals surface area contributed by atoms with Gasteiger partial charge in [-0.1, -0.05) is 18.2 Å². The van der Waals surface area contributed by atoms with E-state index in [1.807, 2.05) is 6.20 Å². The molecule has 4 heteroatoms. The molecule has 1 aromatic heterocycles. The minimum atomic E-state index is 0.113. The van der Waals surface area contributed by atoms with Crippen LogP contribution in [-0.2, 0) is 6.54 Å². The van der Waals surface area contributed by atoms with E-state index in [0.29, 0.717) is 6.04 Å². The second kappa shape index (κ2) is 7.17. The number of aromatic nitrogens is 1. The lowest BCUT2D eigenvalue weighted by Gasteiger charge is -2.51. The molecule has 2 aromatic rings. The molecule has 4 nitrogen and oxygen atoms in total. The van der Waals surface area contributed by atoms with E-state index >= 15 is 0 Å². The molecule has 0 aliphatic carbocycles. The van der Waals surface area contributed by atoms with Gasteiger partial charge in [0.25, 0.3) is 0 Å². The van der Waals surface area contributed by atoms with Crippen LogP contribution < -0.4 is 10.2 Å². The van der Waals surface area contributed by atoms with Gasteiger partial charge >= 0.3 is 0 Å². The Morgan fingerprint density at radius 1 is 1.00 bits per heavy atom. The van der Waals surface area contributed by atoms with Crippen LogP contribution in [0.5, 0.6) is 0 Å². The topological polar surface area (TPSA) is 31.4 Å². The third-order valence-electron chi connectivity index (χ3n) is 6.14. The number of nitrogens with zero attached hydrogens (tertiary/aromatic N) is 3. The predicted molar refractivity (Wildman–Crippen MR) is 123 cm³/mol. The van der Waals surface area contributed by atoms with Crippen molar-refractivity contribution in [3.8, 4) is 0 Å². The Hall–Kier alpha value is -2.33. The Kier molecular flexibility index (Phi) is 4.94. The molecule has 154 valence electrons. The smallest absolute Gasteiger partial charge is 0.0700 e. The van der Waals surface area contributed by atoms with Gasteiger partial charge in [0.05, 0.1) is 5.69 Å². The van der Waals surface area contributed by atoms with E-state index in [-0.39, 0.29) is 11.1 Å². The van der Waals surface area contributed by atoms with Crippen molar-refractivity contribution in [2.24, 2.45) is 0 Å². The molecule has 1 aromatic carbocycles.